The van der Waals surface area contributed by atoms with E-state index in [-0.39, 0.29) is 18.7 Å². The second kappa shape index (κ2) is 10.1. The Morgan fingerprint density at radius 1 is 0.793 bits per heavy atom. The van der Waals surface area contributed by atoms with Gasteiger partial charge < -0.3 is 15.2 Å². The summed E-state index contributed by atoms with van der Waals surface area (Å²) in [4.78, 5) is 23.8. The van der Waals surface area contributed by atoms with Gasteiger partial charge in [-0.3, -0.25) is 4.79 Å². The Labute approximate surface area is 170 Å². The third-order valence-electron chi connectivity index (χ3n) is 4.45. The van der Waals surface area contributed by atoms with Gasteiger partial charge in [0.05, 0.1) is 6.42 Å². The molecule has 1 amide bonds. The molecule has 0 aliphatic heterocycles. The molecule has 0 aliphatic carbocycles. The Hall–Kier alpha value is -3.60. The van der Waals surface area contributed by atoms with Crippen molar-refractivity contribution in [3.63, 3.8) is 0 Å². The molecule has 148 valence electrons. The van der Waals surface area contributed by atoms with E-state index in [1.165, 1.54) is 0 Å². The molecule has 0 aromatic heterocycles. The van der Waals surface area contributed by atoms with Gasteiger partial charge in [0.2, 0.25) is 5.91 Å². The zero-order chi connectivity index (χ0) is 20.5. The summed E-state index contributed by atoms with van der Waals surface area (Å²) in [6.45, 7) is 0.466. The van der Waals surface area contributed by atoms with Gasteiger partial charge in [-0.1, -0.05) is 72.8 Å². The molecule has 3 aromatic carbocycles. The van der Waals surface area contributed by atoms with Crippen LogP contribution in [-0.2, 0) is 29.0 Å². The molecule has 0 aliphatic rings. The first kappa shape index (κ1) is 20.1. The zero-order valence-corrected chi connectivity index (χ0v) is 16.0. The maximum Gasteiger partial charge on any atom is 0.326 e. The van der Waals surface area contributed by atoms with Crippen LogP contribution < -0.4 is 10.1 Å². The summed E-state index contributed by atoms with van der Waals surface area (Å²) in [6.07, 6.45) is 0.353. The lowest BCUT2D eigenvalue weighted by molar-refractivity contribution is -0.141. The van der Waals surface area contributed by atoms with Crippen LogP contribution in [-0.4, -0.2) is 23.0 Å². The molecule has 0 radical (unpaired) electrons. The SMILES string of the molecule is O=C(Cc1ccccc1)NC(Cc1ccc(OCc2ccccc2)cc1)C(=O)O. The Bertz CT molecular complexity index is 924. The highest BCUT2D eigenvalue weighted by Gasteiger charge is 2.20. The van der Waals surface area contributed by atoms with Crippen molar-refractivity contribution in [2.75, 3.05) is 0 Å². The molecule has 0 fully saturated rings. The topological polar surface area (TPSA) is 75.6 Å². The van der Waals surface area contributed by atoms with E-state index >= 15 is 0 Å². The van der Waals surface area contributed by atoms with Crippen molar-refractivity contribution < 1.29 is 19.4 Å². The summed E-state index contributed by atoms with van der Waals surface area (Å²) in [5.74, 6) is -0.667. The molecule has 5 heteroatoms. The van der Waals surface area contributed by atoms with Crippen LogP contribution in [0.1, 0.15) is 16.7 Å². The lowest BCUT2D eigenvalue weighted by Crippen LogP contribution is -2.43. The fraction of sp³-hybridized carbons (Fsp3) is 0.167. The van der Waals surface area contributed by atoms with Crippen molar-refractivity contribution in [3.8, 4) is 5.75 Å². The maximum atomic E-state index is 12.2. The Morgan fingerprint density at radius 3 is 1.97 bits per heavy atom. The van der Waals surface area contributed by atoms with E-state index in [0.717, 1.165) is 16.7 Å². The van der Waals surface area contributed by atoms with Gasteiger partial charge in [0.1, 0.15) is 18.4 Å². The first-order valence-electron chi connectivity index (χ1n) is 9.42. The largest absolute Gasteiger partial charge is 0.489 e. The summed E-state index contributed by atoms with van der Waals surface area (Å²) in [5, 5.41) is 12.1. The molecule has 5 nitrogen and oxygen atoms in total. The minimum absolute atomic E-state index is 0.150. The van der Waals surface area contributed by atoms with E-state index < -0.39 is 12.0 Å². The number of carboxylic acid groups (broad SMARTS) is 1. The maximum absolute atomic E-state index is 12.2. The molecular weight excluding hydrogens is 366 g/mol. The number of nitrogens with one attached hydrogen (secondary N) is 1. The predicted octanol–water partition coefficient (Wildman–Crippen LogP) is 3.62. The summed E-state index contributed by atoms with van der Waals surface area (Å²) in [5.41, 5.74) is 2.72. The fourth-order valence-electron chi connectivity index (χ4n) is 2.93. The Morgan fingerprint density at radius 2 is 1.38 bits per heavy atom. The van der Waals surface area contributed by atoms with Crippen LogP contribution in [0.3, 0.4) is 0 Å². The van der Waals surface area contributed by atoms with E-state index in [9.17, 15) is 14.7 Å². The number of benzene rings is 3. The highest BCUT2D eigenvalue weighted by molar-refractivity contribution is 5.85. The summed E-state index contributed by atoms with van der Waals surface area (Å²) in [7, 11) is 0. The number of amides is 1. The van der Waals surface area contributed by atoms with Crippen LogP contribution in [0.2, 0.25) is 0 Å². The normalized spacial score (nSPS) is 11.4. The van der Waals surface area contributed by atoms with Crippen molar-refractivity contribution in [3.05, 3.63) is 102 Å². The molecule has 29 heavy (non-hydrogen) atoms. The van der Waals surface area contributed by atoms with E-state index in [0.29, 0.717) is 12.4 Å². The van der Waals surface area contributed by atoms with Gasteiger partial charge in [-0.2, -0.15) is 0 Å². The third kappa shape index (κ3) is 6.50. The standard InChI is InChI=1S/C24H23NO4/c26-23(16-18-7-3-1-4-8-18)25-22(24(27)28)15-19-11-13-21(14-12-19)29-17-20-9-5-2-6-10-20/h1-14,22H,15-17H2,(H,25,26)(H,27,28). The highest BCUT2D eigenvalue weighted by Crippen LogP contribution is 2.15. The average molecular weight is 389 g/mol. The summed E-state index contributed by atoms with van der Waals surface area (Å²) >= 11 is 0. The van der Waals surface area contributed by atoms with Crippen molar-refractivity contribution in [2.45, 2.75) is 25.5 Å². The van der Waals surface area contributed by atoms with Gasteiger partial charge in [0.15, 0.2) is 0 Å². The number of carbonyl (C=O) groups is 2. The molecule has 1 unspecified atom stereocenters. The second-order valence-electron chi connectivity index (χ2n) is 6.74. The molecule has 1 atom stereocenters. The van der Waals surface area contributed by atoms with Crippen LogP contribution in [0.4, 0.5) is 0 Å². The van der Waals surface area contributed by atoms with Crippen molar-refractivity contribution in [1.82, 2.24) is 5.32 Å². The molecule has 0 heterocycles. The number of aliphatic carboxylic acids is 1. The van der Waals surface area contributed by atoms with E-state index in [4.69, 9.17) is 4.74 Å². The van der Waals surface area contributed by atoms with Crippen LogP contribution in [0.5, 0.6) is 5.75 Å². The van der Waals surface area contributed by atoms with Crippen LogP contribution >= 0.6 is 0 Å². The Kier molecular flexibility index (Phi) is 7.00. The van der Waals surface area contributed by atoms with Gasteiger partial charge in [-0.05, 0) is 28.8 Å². The van der Waals surface area contributed by atoms with E-state index in [2.05, 4.69) is 5.32 Å². The number of hydrogen-bond acceptors (Lipinski definition) is 3. The molecule has 0 spiro atoms. The van der Waals surface area contributed by atoms with Crippen LogP contribution in [0.25, 0.3) is 0 Å². The first-order valence-corrected chi connectivity index (χ1v) is 9.42. The quantitative estimate of drug-likeness (QED) is 0.586. The summed E-state index contributed by atoms with van der Waals surface area (Å²) < 4.78 is 5.74. The second-order valence-corrected chi connectivity index (χ2v) is 6.74. The van der Waals surface area contributed by atoms with E-state index in [1.807, 2.05) is 84.9 Å². The van der Waals surface area contributed by atoms with Crippen LogP contribution in [0.15, 0.2) is 84.9 Å². The highest BCUT2D eigenvalue weighted by atomic mass is 16.5. The Balaban J connectivity index is 1.54. The number of hydrogen-bond donors (Lipinski definition) is 2. The average Bonchev–Trinajstić information content (AvgIpc) is 2.74. The van der Waals surface area contributed by atoms with Gasteiger partial charge in [-0.25, -0.2) is 4.79 Å². The molecule has 0 bridgehead atoms. The lowest BCUT2D eigenvalue weighted by atomic mass is 10.0. The monoisotopic (exact) mass is 389 g/mol. The molecule has 3 rings (SSSR count). The van der Waals surface area contributed by atoms with Gasteiger partial charge in [-0.15, -0.1) is 0 Å². The first-order chi connectivity index (χ1) is 14.1. The van der Waals surface area contributed by atoms with Gasteiger partial charge in [0, 0.05) is 6.42 Å². The number of rotatable bonds is 9. The number of carboxylic acids is 1. The molecular formula is C24H23NO4. The minimum atomic E-state index is -1.06. The lowest BCUT2D eigenvalue weighted by Gasteiger charge is -2.15. The summed E-state index contributed by atoms with van der Waals surface area (Å²) in [6, 6.07) is 25.4. The smallest absolute Gasteiger partial charge is 0.326 e. The van der Waals surface area contributed by atoms with Gasteiger partial charge >= 0.3 is 5.97 Å². The zero-order valence-electron chi connectivity index (χ0n) is 16.0. The number of carbonyl (C=O) groups excluding carboxylic acids is 1. The van der Waals surface area contributed by atoms with Crippen LogP contribution in [0, 0.1) is 0 Å². The molecule has 3 aromatic rings. The molecule has 2 N–H and O–H groups in total. The minimum Gasteiger partial charge on any atom is -0.489 e. The van der Waals surface area contributed by atoms with Crippen molar-refractivity contribution in [1.29, 1.82) is 0 Å². The van der Waals surface area contributed by atoms with Crippen molar-refractivity contribution >= 4 is 11.9 Å². The van der Waals surface area contributed by atoms with E-state index in [1.54, 1.807) is 0 Å². The van der Waals surface area contributed by atoms with Crippen molar-refractivity contribution in [2.24, 2.45) is 0 Å². The predicted molar refractivity (Wildman–Crippen MR) is 111 cm³/mol. The third-order valence-corrected chi connectivity index (χ3v) is 4.45. The number of ether oxygens (including phenoxy) is 1. The molecule has 0 saturated heterocycles. The van der Waals surface area contributed by atoms with Gasteiger partial charge in [0.25, 0.3) is 0 Å². The fourth-order valence-corrected chi connectivity index (χ4v) is 2.93. The molecule has 0 saturated carbocycles.